The first-order chi connectivity index (χ1) is 7.36. The van der Waals surface area contributed by atoms with Gasteiger partial charge in [0, 0.05) is 16.9 Å². The number of rotatable bonds is 4. The minimum absolute atomic E-state index is 0. The Labute approximate surface area is 107 Å². The third kappa shape index (κ3) is 2.34. The summed E-state index contributed by atoms with van der Waals surface area (Å²) in [6.45, 7) is 8.56. The van der Waals surface area contributed by atoms with Crippen molar-refractivity contribution < 1.29 is 21.9 Å². The molecule has 0 aromatic heterocycles. The van der Waals surface area contributed by atoms with Crippen molar-refractivity contribution >= 4 is 11.9 Å². The van der Waals surface area contributed by atoms with Crippen LogP contribution in [-0.4, -0.2) is 6.54 Å². The van der Waals surface area contributed by atoms with E-state index in [0.717, 1.165) is 13.0 Å². The molecule has 2 heteroatoms. The lowest BCUT2D eigenvalue weighted by molar-refractivity contribution is -0.729. The summed E-state index contributed by atoms with van der Waals surface area (Å²) in [7, 11) is 0. The van der Waals surface area contributed by atoms with E-state index < -0.39 is 0 Å². The predicted molar refractivity (Wildman–Crippen MR) is 64.4 cm³/mol. The second-order valence-electron chi connectivity index (χ2n) is 3.72. The lowest BCUT2D eigenvalue weighted by atomic mass is 10.2. The standard InChI is InChI=1S/C14H15N.BrH/c1-3-7-14-13-9-6-5-8-12(13)11-15(14)10-4-2;/h3-6,8-9,11H,1-2,7,10H2;1H. The highest BCUT2D eigenvalue weighted by molar-refractivity contribution is 5.45. The minimum atomic E-state index is 0. The zero-order valence-corrected chi connectivity index (χ0v) is 10.8. The molecule has 1 nitrogen and oxygen atoms in total. The van der Waals surface area contributed by atoms with Crippen LogP contribution in [0.3, 0.4) is 0 Å². The molecule has 1 heterocycles. The normalized spacial score (nSPS) is 17.0. The Morgan fingerprint density at radius 2 is 1.88 bits per heavy atom. The van der Waals surface area contributed by atoms with Gasteiger partial charge in [0.25, 0.3) is 0 Å². The van der Waals surface area contributed by atoms with Crippen LogP contribution in [0.15, 0.2) is 49.6 Å². The van der Waals surface area contributed by atoms with Gasteiger partial charge < -0.3 is 17.0 Å². The van der Waals surface area contributed by atoms with Gasteiger partial charge >= 0.3 is 0 Å². The number of hydrogen-bond acceptors (Lipinski definition) is 0. The van der Waals surface area contributed by atoms with E-state index in [0.29, 0.717) is 0 Å². The van der Waals surface area contributed by atoms with Crippen molar-refractivity contribution in [2.45, 2.75) is 6.42 Å². The fourth-order valence-corrected chi connectivity index (χ4v) is 2.07. The molecular formula is C14H16BrN. The maximum atomic E-state index is 3.82. The van der Waals surface area contributed by atoms with Gasteiger partial charge in [-0.15, -0.1) is 6.58 Å². The van der Waals surface area contributed by atoms with Crippen molar-refractivity contribution in [3.63, 3.8) is 0 Å². The van der Waals surface area contributed by atoms with Gasteiger partial charge in [0.05, 0.1) is 0 Å². The van der Waals surface area contributed by atoms with Crippen LogP contribution in [0.4, 0.5) is 0 Å². The van der Waals surface area contributed by atoms with E-state index in [-0.39, 0.29) is 17.0 Å². The van der Waals surface area contributed by atoms with Crippen LogP contribution in [0, 0.1) is 0 Å². The van der Waals surface area contributed by atoms with E-state index in [2.05, 4.69) is 43.6 Å². The number of fused-ring (bicyclic) bond motifs is 1. The SMILES string of the molecule is C=CCC1=c2ccccc2=C[NH+]1CC=C.[Br-]. The summed E-state index contributed by atoms with van der Waals surface area (Å²) in [5, 5.41) is 2.68. The second kappa shape index (κ2) is 5.83. The molecule has 0 radical (unpaired) electrons. The van der Waals surface area contributed by atoms with Crippen molar-refractivity contribution in [2.24, 2.45) is 0 Å². The fraction of sp³-hybridized carbons (Fsp3) is 0.143. The van der Waals surface area contributed by atoms with E-state index >= 15 is 0 Å². The minimum Gasteiger partial charge on any atom is -1.00 e. The van der Waals surface area contributed by atoms with Gasteiger partial charge in [0.2, 0.25) is 0 Å². The van der Waals surface area contributed by atoms with Crippen LogP contribution in [0.2, 0.25) is 0 Å². The fourth-order valence-electron chi connectivity index (χ4n) is 2.07. The maximum absolute atomic E-state index is 3.82. The quantitative estimate of drug-likeness (QED) is 0.568. The summed E-state index contributed by atoms with van der Waals surface area (Å²) in [5.74, 6) is 0. The van der Waals surface area contributed by atoms with Crippen molar-refractivity contribution in [3.05, 3.63) is 60.0 Å². The highest BCUT2D eigenvalue weighted by Gasteiger charge is 2.16. The van der Waals surface area contributed by atoms with Crippen LogP contribution in [0.5, 0.6) is 0 Å². The van der Waals surface area contributed by atoms with Crippen LogP contribution in [0.25, 0.3) is 11.9 Å². The number of benzene rings is 1. The Bertz CT molecular complexity index is 502. The molecule has 0 fully saturated rings. The molecule has 1 aliphatic rings. The Balaban J connectivity index is 0.00000128. The summed E-state index contributed by atoms with van der Waals surface area (Å²) in [4.78, 5) is 1.38. The molecule has 1 N–H and O–H groups in total. The van der Waals surface area contributed by atoms with Crippen LogP contribution in [0.1, 0.15) is 6.42 Å². The monoisotopic (exact) mass is 277 g/mol. The summed E-state index contributed by atoms with van der Waals surface area (Å²) >= 11 is 0. The van der Waals surface area contributed by atoms with Gasteiger partial charge in [-0.3, -0.25) is 4.90 Å². The Hall–Kier alpha value is -1.12. The zero-order chi connectivity index (χ0) is 10.7. The Kier molecular flexibility index (Phi) is 4.71. The average Bonchev–Trinajstić information content (AvgIpc) is 2.59. The molecule has 1 aromatic carbocycles. The first-order valence-electron chi connectivity index (χ1n) is 5.24. The van der Waals surface area contributed by atoms with E-state index in [1.165, 1.54) is 21.0 Å². The van der Waals surface area contributed by atoms with Crippen molar-refractivity contribution in [1.29, 1.82) is 0 Å². The van der Waals surface area contributed by atoms with E-state index in [1.807, 2.05) is 12.2 Å². The second-order valence-corrected chi connectivity index (χ2v) is 3.72. The van der Waals surface area contributed by atoms with Gasteiger partial charge in [-0.05, 0) is 18.2 Å². The number of nitrogens with one attached hydrogen (secondary N) is 1. The summed E-state index contributed by atoms with van der Waals surface area (Å²) in [6, 6.07) is 8.51. The zero-order valence-electron chi connectivity index (χ0n) is 9.25. The molecule has 16 heavy (non-hydrogen) atoms. The molecule has 0 spiro atoms. The molecule has 0 bridgehead atoms. The summed E-state index contributed by atoms with van der Waals surface area (Å²) < 4.78 is 0. The molecule has 0 aliphatic carbocycles. The first kappa shape index (κ1) is 12.9. The molecule has 84 valence electrons. The Morgan fingerprint density at radius 3 is 2.56 bits per heavy atom. The summed E-state index contributed by atoms with van der Waals surface area (Å²) in [5.41, 5.74) is 1.40. The molecule has 0 saturated carbocycles. The smallest absolute Gasteiger partial charge is 0.124 e. The molecule has 2 rings (SSSR count). The van der Waals surface area contributed by atoms with Gasteiger partial charge in [-0.25, -0.2) is 0 Å². The van der Waals surface area contributed by atoms with E-state index in [1.54, 1.807) is 0 Å². The number of quaternary nitrogens is 1. The van der Waals surface area contributed by atoms with Crippen LogP contribution < -0.4 is 32.3 Å². The molecular weight excluding hydrogens is 262 g/mol. The lowest BCUT2D eigenvalue weighted by Gasteiger charge is -2.10. The molecule has 1 atom stereocenters. The third-order valence-corrected chi connectivity index (χ3v) is 2.72. The average molecular weight is 278 g/mol. The van der Waals surface area contributed by atoms with Crippen LogP contribution in [-0.2, 0) is 0 Å². The highest BCUT2D eigenvalue weighted by Crippen LogP contribution is 1.93. The van der Waals surface area contributed by atoms with Crippen molar-refractivity contribution in [3.8, 4) is 0 Å². The van der Waals surface area contributed by atoms with Gasteiger partial charge in [-0.2, -0.15) is 0 Å². The van der Waals surface area contributed by atoms with Gasteiger partial charge in [0.15, 0.2) is 0 Å². The largest absolute Gasteiger partial charge is 1.00 e. The molecule has 0 saturated heterocycles. The maximum Gasteiger partial charge on any atom is 0.124 e. The van der Waals surface area contributed by atoms with Crippen molar-refractivity contribution in [2.75, 3.05) is 6.54 Å². The van der Waals surface area contributed by atoms with Gasteiger partial charge in [-0.1, -0.05) is 24.8 Å². The predicted octanol–water partition coefficient (Wildman–Crippen LogP) is -2.80. The molecule has 1 unspecified atom stereocenters. The Morgan fingerprint density at radius 1 is 1.12 bits per heavy atom. The van der Waals surface area contributed by atoms with E-state index in [4.69, 9.17) is 0 Å². The number of halogens is 1. The molecule has 0 amide bonds. The van der Waals surface area contributed by atoms with E-state index in [9.17, 15) is 0 Å². The van der Waals surface area contributed by atoms with Gasteiger partial charge in [0.1, 0.15) is 18.4 Å². The third-order valence-electron chi connectivity index (χ3n) is 2.72. The highest BCUT2D eigenvalue weighted by atomic mass is 79.9. The van der Waals surface area contributed by atoms with Crippen LogP contribution >= 0.6 is 0 Å². The van der Waals surface area contributed by atoms with Crippen molar-refractivity contribution in [1.82, 2.24) is 0 Å². The summed E-state index contributed by atoms with van der Waals surface area (Å²) in [6.07, 6.45) is 7.13. The number of hydrogen-bond donors (Lipinski definition) is 1. The lowest BCUT2D eigenvalue weighted by Crippen LogP contribution is -3.03. The molecule has 1 aromatic rings. The first-order valence-corrected chi connectivity index (χ1v) is 5.24. The molecule has 1 aliphatic heterocycles. The topological polar surface area (TPSA) is 4.44 Å².